The highest BCUT2D eigenvalue weighted by Gasteiger charge is 2.23. The molecular weight excluding hydrogens is 432 g/mol. The van der Waals surface area contributed by atoms with Gasteiger partial charge in [0.05, 0.1) is 22.0 Å². The zero-order valence-electron chi connectivity index (χ0n) is 17.1. The van der Waals surface area contributed by atoms with E-state index < -0.39 is 0 Å². The number of thiophene rings is 1. The number of hydrogen-bond acceptors (Lipinski definition) is 7. The smallest absolute Gasteiger partial charge is 0.263 e. The molecule has 0 fully saturated rings. The molecule has 0 spiro atoms. The van der Waals surface area contributed by atoms with Gasteiger partial charge in [-0.3, -0.25) is 14.2 Å². The fourth-order valence-electron chi connectivity index (χ4n) is 4.07. The summed E-state index contributed by atoms with van der Waals surface area (Å²) in [4.78, 5) is 40.2. The molecule has 7 nitrogen and oxygen atoms in total. The molecule has 1 aliphatic carbocycles. The summed E-state index contributed by atoms with van der Waals surface area (Å²) in [6, 6.07) is 7.28. The van der Waals surface area contributed by atoms with Crippen molar-refractivity contribution in [3.05, 3.63) is 61.2 Å². The molecular formula is C22H22N4O3S2. The molecule has 1 N–H and O–H groups in total. The molecule has 0 amide bonds. The molecule has 160 valence electrons. The quantitative estimate of drug-likeness (QED) is 0.261. The Balaban J connectivity index is 1.52. The average Bonchev–Trinajstić information content (AvgIpc) is 3.35. The molecule has 1 aliphatic rings. The molecule has 0 aliphatic heterocycles. The van der Waals surface area contributed by atoms with Gasteiger partial charge in [-0.15, -0.1) is 11.3 Å². The summed E-state index contributed by atoms with van der Waals surface area (Å²) in [5.74, 6) is 0.994. The number of para-hydroxylation sites is 1. The minimum Gasteiger partial charge on any atom is -0.385 e. The van der Waals surface area contributed by atoms with E-state index in [1.165, 1.54) is 22.2 Å². The van der Waals surface area contributed by atoms with E-state index in [4.69, 9.17) is 9.72 Å². The number of nitrogens with zero attached hydrogens (tertiary/aromatic N) is 3. The van der Waals surface area contributed by atoms with Crippen LogP contribution in [0.3, 0.4) is 0 Å². The van der Waals surface area contributed by atoms with Crippen LogP contribution in [0.1, 0.15) is 29.1 Å². The standard InChI is InChI=1S/C22H22N4O3S2/c1-29-11-5-10-26-21(28)18-14-7-4-9-16(14)31-20(18)25-22(26)30-12-17-23-15-8-3-2-6-13(15)19(27)24-17/h2-3,6,8H,4-5,7,9-12H2,1H3,(H,23,24,27). The summed E-state index contributed by atoms with van der Waals surface area (Å²) < 4.78 is 6.94. The molecule has 0 unspecified atom stereocenters. The number of ether oxygens (including phenoxy) is 1. The van der Waals surface area contributed by atoms with Crippen molar-refractivity contribution in [1.82, 2.24) is 19.5 Å². The number of hydrogen-bond donors (Lipinski definition) is 1. The number of benzene rings is 1. The molecule has 4 aromatic rings. The summed E-state index contributed by atoms with van der Waals surface area (Å²) in [6.07, 6.45) is 3.83. The summed E-state index contributed by atoms with van der Waals surface area (Å²) in [5, 5.41) is 2.02. The molecule has 0 saturated carbocycles. The third-order valence-electron chi connectivity index (χ3n) is 5.52. The van der Waals surface area contributed by atoms with E-state index in [1.54, 1.807) is 29.1 Å². The Hall–Kier alpha value is -2.49. The Bertz CT molecular complexity index is 1390. The monoisotopic (exact) mass is 454 g/mol. The number of rotatable bonds is 7. The van der Waals surface area contributed by atoms with Crippen LogP contribution in [0, 0.1) is 0 Å². The second-order valence-electron chi connectivity index (χ2n) is 7.55. The predicted molar refractivity (Wildman–Crippen MR) is 124 cm³/mol. The summed E-state index contributed by atoms with van der Waals surface area (Å²) in [7, 11) is 1.66. The van der Waals surface area contributed by atoms with Gasteiger partial charge in [-0.2, -0.15) is 0 Å². The topological polar surface area (TPSA) is 89.9 Å². The van der Waals surface area contributed by atoms with Crippen LogP contribution in [0.5, 0.6) is 0 Å². The van der Waals surface area contributed by atoms with Gasteiger partial charge in [0.25, 0.3) is 11.1 Å². The van der Waals surface area contributed by atoms with Gasteiger partial charge in [-0.25, -0.2) is 9.97 Å². The number of aromatic amines is 1. The molecule has 0 saturated heterocycles. The van der Waals surface area contributed by atoms with Crippen molar-refractivity contribution in [2.24, 2.45) is 0 Å². The minimum absolute atomic E-state index is 0.0305. The third-order valence-corrected chi connectivity index (χ3v) is 7.69. The van der Waals surface area contributed by atoms with E-state index in [2.05, 4.69) is 9.97 Å². The average molecular weight is 455 g/mol. The summed E-state index contributed by atoms with van der Waals surface area (Å²) in [6.45, 7) is 1.13. The number of H-pyrrole nitrogens is 1. The van der Waals surface area contributed by atoms with Crippen molar-refractivity contribution in [2.75, 3.05) is 13.7 Å². The summed E-state index contributed by atoms with van der Waals surface area (Å²) in [5.41, 5.74) is 1.73. The van der Waals surface area contributed by atoms with Gasteiger partial charge in [-0.05, 0) is 43.4 Å². The Morgan fingerprint density at radius 1 is 1.23 bits per heavy atom. The summed E-state index contributed by atoms with van der Waals surface area (Å²) >= 11 is 3.07. The second kappa shape index (κ2) is 8.57. The van der Waals surface area contributed by atoms with Crippen molar-refractivity contribution in [2.45, 2.75) is 43.1 Å². The van der Waals surface area contributed by atoms with Crippen molar-refractivity contribution < 1.29 is 4.74 Å². The maximum absolute atomic E-state index is 13.4. The second-order valence-corrected chi connectivity index (χ2v) is 9.58. The lowest BCUT2D eigenvalue weighted by Crippen LogP contribution is -2.24. The van der Waals surface area contributed by atoms with Crippen molar-refractivity contribution in [3.8, 4) is 0 Å². The lowest BCUT2D eigenvalue weighted by Gasteiger charge is -2.12. The van der Waals surface area contributed by atoms with Gasteiger partial charge < -0.3 is 9.72 Å². The van der Waals surface area contributed by atoms with E-state index in [9.17, 15) is 9.59 Å². The number of methoxy groups -OCH3 is 1. The highest BCUT2D eigenvalue weighted by atomic mass is 32.2. The van der Waals surface area contributed by atoms with E-state index in [-0.39, 0.29) is 11.1 Å². The Morgan fingerprint density at radius 3 is 2.97 bits per heavy atom. The minimum atomic E-state index is -0.156. The lowest BCUT2D eigenvalue weighted by molar-refractivity contribution is 0.189. The van der Waals surface area contributed by atoms with E-state index in [1.807, 2.05) is 18.2 Å². The highest BCUT2D eigenvalue weighted by Crippen LogP contribution is 2.35. The first-order valence-corrected chi connectivity index (χ1v) is 12.1. The molecule has 3 heterocycles. The zero-order valence-corrected chi connectivity index (χ0v) is 18.8. The van der Waals surface area contributed by atoms with Crippen molar-refractivity contribution in [1.29, 1.82) is 0 Å². The van der Waals surface area contributed by atoms with Crippen LogP contribution in [0.4, 0.5) is 0 Å². The zero-order chi connectivity index (χ0) is 21.4. The lowest BCUT2D eigenvalue weighted by atomic mass is 10.2. The number of aryl methyl sites for hydroxylation is 2. The van der Waals surface area contributed by atoms with Crippen molar-refractivity contribution in [3.63, 3.8) is 0 Å². The van der Waals surface area contributed by atoms with Gasteiger partial charge in [-0.1, -0.05) is 23.9 Å². The molecule has 0 atom stereocenters. The van der Waals surface area contributed by atoms with Gasteiger partial charge >= 0.3 is 0 Å². The maximum Gasteiger partial charge on any atom is 0.263 e. The van der Waals surface area contributed by atoms with Gasteiger partial charge in [0.2, 0.25) is 0 Å². The van der Waals surface area contributed by atoms with Crippen LogP contribution < -0.4 is 11.1 Å². The number of nitrogens with one attached hydrogen (secondary N) is 1. The predicted octanol–water partition coefficient (Wildman–Crippen LogP) is 3.51. The molecule has 3 aromatic heterocycles. The van der Waals surface area contributed by atoms with Crippen LogP contribution in [-0.2, 0) is 29.9 Å². The van der Waals surface area contributed by atoms with E-state index >= 15 is 0 Å². The Morgan fingerprint density at radius 2 is 2.10 bits per heavy atom. The fourth-order valence-corrected chi connectivity index (χ4v) is 6.27. The third kappa shape index (κ3) is 3.81. The van der Waals surface area contributed by atoms with Crippen LogP contribution in [0.2, 0.25) is 0 Å². The maximum atomic E-state index is 13.4. The molecule has 9 heteroatoms. The first-order chi connectivity index (χ1) is 15.2. The van der Waals surface area contributed by atoms with Crippen molar-refractivity contribution >= 4 is 44.2 Å². The van der Waals surface area contributed by atoms with Crippen LogP contribution in [-0.4, -0.2) is 33.2 Å². The molecule has 0 radical (unpaired) electrons. The molecule has 5 rings (SSSR count). The van der Waals surface area contributed by atoms with Crippen LogP contribution in [0.25, 0.3) is 21.1 Å². The first kappa shape index (κ1) is 20.4. The van der Waals surface area contributed by atoms with E-state index in [0.29, 0.717) is 40.8 Å². The highest BCUT2D eigenvalue weighted by molar-refractivity contribution is 7.98. The number of fused-ring (bicyclic) bond motifs is 4. The first-order valence-electron chi connectivity index (χ1n) is 10.3. The SMILES string of the molecule is COCCCn1c(SCc2nc3ccccc3c(=O)[nH]2)nc2sc3c(c2c1=O)CCC3. The fraction of sp³-hybridized carbons (Fsp3) is 0.364. The van der Waals surface area contributed by atoms with Gasteiger partial charge in [0.15, 0.2) is 5.16 Å². The Labute approximate surface area is 186 Å². The number of thioether (sulfide) groups is 1. The van der Waals surface area contributed by atoms with Crippen LogP contribution in [0.15, 0.2) is 39.0 Å². The molecule has 0 bridgehead atoms. The Kier molecular flexibility index (Phi) is 5.64. The molecule has 31 heavy (non-hydrogen) atoms. The molecule has 1 aromatic carbocycles. The van der Waals surface area contributed by atoms with E-state index in [0.717, 1.165) is 35.9 Å². The normalized spacial score (nSPS) is 13.3. The van der Waals surface area contributed by atoms with Gasteiger partial charge in [0.1, 0.15) is 10.7 Å². The van der Waals surface area contributed by atoms with Crippen LogP contribution >= 0.6 is 23.1 Å². The number of aromatic nitrogens is 4. The largest absolute Gasteiger partial charge is 0.385 e. The van der Waals surface area contributed by atoms with Gasteiger partial charge in [0, 0.05) is 25.1 Å².